The molecule has 0 heterocycles. The van der Waals surface area contributed by atoms with Gasteiger partial charge in [0.15, 0.2) is 0 Å². The van der Waals surface area contributed by atoms with Gasteiger partial charge in [0.1, 0.15) is 17.7 Å². The van der Waals surface area contributed by atoms with Crippen molar-refractivity contribution in [2.24, 2.45) is 5.10 Å². The number of hydrogen-bond donors (Lipinski definition) is 0. The highest BCUT2D eigenvalue weighted by Gasteiger charge is 2.00. The molecule has 0 aliphatic carbocycles. The Morgan fingerprint density at radius 3 is 2.39 bits per heavy atom. The Bertz CT molecular complexity index is 540. The first-order chi connectivity index (χ1) is 8.67. The second kappa shape index (κ2) is 6.67. The number of benzene rings is 1. The van der Waals surface area contributed by atoms with Gasteiger partial charge in [-0.15, -0.1) is 0 Å². The fourth-order valence-electron chi connectivity index (χ4n) is 1.12. The third-order valence-corrected chi connectivity index (χ3v) is 2.01. The van der Waals surface area contributed by atoms with Crippen molar-refractivity contribution in [1.82, 2.24) is 5.01 Å². The fourth-order valence-corrected chi connectivity index (χ4v) is 1.12. The molecule has 0 saturated heterocycles. The van der Waals surface area contributed by atoms with Crippen LogP contribution in [0.4, 0.5) is 0 Å². The zero-order valence-electron chi connectivity index (χ0n) is 10.0. The van der Waals surface area contributed by atoms with Gasteiger partial charge in [-0.2, -0.15) is 15.6 Å². The molecular weight excluding hydrogens is 224 g/mol. The molecule has 0 amide bonds. The SMILES string of the molecule is C=C(C)N(C=C(C#N)C#N)/N=C/c1ccccc1. The van der Waals surface area contributed by atoms with Crippen LogP contribution in [-0.4, -0.2) is 11.2 Å². The summed E-state index contributed by atoms with van der Waals surface area (Å²) >= 11 is 0. The van der Waals surface area contributed by atoms with Crippen LogP contribution in [0.1, 0.15) is 12.5 Å². The Morgan fingerprint density at radius 1 is 1.28 bits per heavy atom. The van der Waals surface area contributed by atoms with E-state index in [9.17, 15) is 0 Å². The second-order valence-electron chi connectivity index (χ2n) is 3.50. The van der Waals surface area contributed by atoms with Crippen LogP contribution in [0, 0.1) is 22.7 Å². The highest BCUT2D eigenvalue weighted by Crippen LogP contribution is 2.06. The summed E-state index contributed by atoms with van der Waals surface area (Å²) in [4.78, 5) is 0. The lowest BCUT2D eigenvalue weighted by Gasteiger charge is -2.12. The Labute approximate surface area is 106 Å². The predicted molar refractivity (Wildman–Crippen MR) is 70.0 cm³/mol. The minimum atomic E-state index is -0.0248. The van der Waals surface area contributed by atoms with E-state index in [1.807, 2.05) is 30.3 Å². The summed E-state index contributed by atoms with van der Waals surface area (Å²) < 4.78 is 0. The zero-order chi connectivity index (χ0) is 13.4. The van der Waals surface area contributed by atoms with Crippen molar-refractivity contribution in [3.8, 4) is 12.1 Å². The van der Waals surface area contributed by atoms with E-state index in [1.54, 1.807) is 25.3 Å². The van der Waals surface area contributed by atoms with Crippen LogP contribution in [0.2, 0.25) is 0 Å². The van der Waals surface area contributed by atoms with Crippen LogP contribution in [0.25, 0.3) is 0 Å². The van der Waals surface area contributed by atoms with Crippen LogP contribution in [0.15, 0.2) is 59.5 Å². The van der Waals surface area contributed by atoms with E-state index in [0.29, 0.717) is 5.70 Å². The molecule has 0 fully saturated rings. The molecule has 1 rings (SSSR count). The van der Waals surface area contributed by atoms with E-state index in [1.165, 1.54) is 11.2 Å². The van der Waals surface area contributed by atoms with Gasteiger partial charge < -0.3 is 0 Å². The third kappa shape index (κ3) is 3.96. The van der Waals surface area contributed by atoms with Crippen LogP contribution in [-0.2, 0) is 0 Å². The van der Waals surface area contributed by atoms with E-state index in [-0.39, 0.29) is 5.57 Å². The molecule has 4 heteroatoms. The Kier molecular flexibility index (Phi) is 4.90. The summed E-state index contributed by atoms with van der Waals surface area (Å²) in [6.45, 7) is 5.48. The van der Waals surface area contributed by atoms with Crippen molar-refractivity contribution in [2.45, 2.75) is 6.92 Å². The quantitative estimate of drug-likeness (QED) is 0.458. The lowest BCUT2D eigenvalue weighted by molar-refractivity contribution is 0.502. The zero-order valence-corrected chi connectivity index (χ0v) is 10.0. The molecule has 0 aliphatic rings. The van der Waals surface area contributed by atoms with E-state index in [4.69, 9.17) is 10.5 Å². The monoisotopic (exact) mass is 236 g/mol. The molecule has 0 aromatic heterocycles. The summed E-state index contributed by atoms with van der Waals surface area (Å²) in [5, 5.41) is 22.9. The summed E-state index contributed by atoms with van der Waals surface area (Å²) in [7, 11) is 0. The summed E-state index contributed by atoms with van der Waals surface area (Å²) in [6.07, 6.45) is 2.99. The van der Waals surface area contributed by atoms with E-state index in [0.717, 1.165) is 5.56 Å². The Balaban J connectivity index is 2.93. The first-order valence-corrected chi connectivity index (χ1v) is 5.23. The molecule has 0 saturated carbocycles. The van der Waals surface area contributed by atoms with E-state index in [2.05, 4.69) is 11.7 Å². The van der Waals surface area contributed by atoms with Crippen LogP contribution in [0.5, 0.6) is 0 Å². The average molecular weight is 236 g/mol. The van der Waals surface area contributed by atoms with Crippen molar-refractivity contribution < 1.29 is 0 Å². The van der Waals surface area contributed by atoms with Gasteiger partial charge >= 0.3 is 0 Å². The van der Waals surface area contributed by atoms with Gasteiger partial charge in [-0.1, -0.05) is 36.9 Å². The molecule has 0 bridgehead atoms. The normalized spacial score (nSPS) is 9.28. The van der Waals surface area contributed by atoms with E-state index >= 15 is 0 Å². The highest BCUT2D eigenvalue weighted by molar-refractivity contribution is 5.79. The van der Waals surface area contributed by atoms with Gasteiger partial charge in [0.25, 0.3) is 0 Å². The van der Waals surface area contributed by atoms with Gasteiger partial charge in [-0.3, -0.25) is 0 Å². The first kappa shape index (κ1) is 13.2. The molecule has 4 nitrogen and oxygen atoms in total. The van der Waals surface area contributed by atoms with Crippen molar-refractivity contribution in [2.75, 3.05) is 0 Å². The lowest BCUT2D eigenvalue weighted by atomic mass is 10.2. The summed E-state index contributed by atoms with van der Waals surface area (Å²) in [5.41, 5.74) is 1.51. The molecular formula is C14H12N4. The van der Waals surface area contributed by atoms with Crippen molar-refractivity contribution >= 4 is 6.21 Å². The number of hydrazone groups is 1. The standard InChI is InChI=1S/C14H12N4/c1-12(2)18(11-14(8-15)9-16)17-10-13-6-4-3-5-7-13/h3-7,10-11H,1H2,2H3/b17-10+. The molecule has 0 unspecified atom stereocenters. The summed E-state index contributed by atoms with van der Waals surface area (Å²) in [6, 6.07) is 13.1. The van der Waals surface area contributed by atoms with Crippen LogP contribution >= 0.6 is 0 Å². The topological polar surface area (TPSA) is 63.2 Å². The molecule has 1 aromatic carbocycles. The van der Waals surface area contributed by atoms with Crippen molar-refractivity contribution in [3.63, 3.8) is 0 Å². The van der Waals surface area contributed by atoms with Crippen molar-refractivity contribution in [3.05, 3.63) is 59.9 Å². The van der Waals surface area contributed by atoms with Gasteiger partial charge in [0, 0.05) is 5.70 Å². The molecule has 0 radical (unpaired) electrons. The lowest BCUT2D eigenvalue weighted by Crippen LogP contribution is -2.07. The molecule has 0 aliphatic heterocycles. The maximum atomic E-state index is 8.69. The Morgan fingerprint density at radius 2 is 1.89 bits per heavy atom. The smallest absolute Gasteiger partial charge is 0.147 e. The maximum absolute atomic E-state index is 8.69. The average Bonchev–Trinajstić information content (AvgIpc) is 2.40. The van der Waals surface area contributed by atoms with Gasteiger partial charge in [0.2, 0.25) is 0 Å². The molecule has 0 N–H and O–H groups in total. The number of rotatable bonds is 4. The predicted octanol–water partition coefficient (Wildman–Crippen LogP) is 2.79. The molecule has 0 spiro atoms. The Hall–Kier alpha value is -2.85. The van der Waals surface area contributed by atoms with Crippen molar-refractivity contribution in [1.29, 1.82) is 10.5 Å². The minimum Gasteiger partial charge on any atom is -0.244 e. The molecule has 18 heavy (non-hydrogen) atoms. The van der Waals surface area contributed by atoms with Gasteiger partial charge in [0.05, 0.1) is 12.4 Å². The molecule has 88 valence electrons. The van der Waals surface area contributed by atoms with Crippen LogP contribution in [0.3, 0.4) is 0 Å². The minimum absolute atomic E-state index is 0.0248. The highest BCUT2D eigenvalue weighted by atomic mass is 15.4. The number of allylic oxidation sites excluding steroid dienone is 2. The number of hydrogen-bond acceptors (Lipinski definition) is 4. The van der Waals surface area contributed by atoms with Gasteiger partial charge in [-0.25, -0.2) is 5.01 Å². The second-order valence-corrected chi connectivity index (χ2v) is 3.50. The van der Waals surface area contributed by atoms with Crippen LogP contribution < -0.4 is 0 Å². The number of nitriles is 2. The third-order valence-electron chi connectivity index (χ3n) is 2.01. The largest absolute Gasteiger partial charge is 0.244 e. The summed E-state index contributed by atoms with van der Waals surface area (Å²) in [5.74, 6) is 0. The fraction of sp³-hybridized carbons (Fsp3) is 0.0714. The molecule has 1 aromatic rings. The van der Waals surface area contributed by atoms with Gasteiger partial charge in [-0.05, 0) is 12.5 Å². The maximum Gasteiger partial charge on any atom is 0.147 e. The van der Waals surface area contributed by atoms with E-state index < -0.39 is 0 Å². The number of nitrogens with zero attached hydrogens (tertiary/aromatic N) is 4. The first-order valence-electron chi connectivity index (χ1n) is 5.23. The molecule has 0 atom stereocenters.